The summed E-state index contributed by atoms with van der Waals surface area (Å²) in [5.74, 6) is 0.312. The number of amides is 1. The Morgan fingerprint density at radius 1 is 1.40 bits per heavy atom. The fourth-order valence-electron chi connectivity index (χ4n) is 2.76. The van der Waals surface area contributed by atoms with Gasteiger partial charge in [-0.3, -0.25) is 10.1 Å². The molecule has 1 fully saturated rings. The van der Waals surface area contributed by atoms with E-state index in [-0.39, 0.29) is 5.91 Å². The van der Waals surface area contributed by atoms with Crippen molar-refractivity contribution in [2.24, 2.45) is 5.73 Å². The van der Waals surface area contributed by atoms with Crippen molar-refractivity contribution in [1.82, 2.24) is 5.32 Å². The Balaban J connectivity index is 2.23. The molecule has 4 nitrogen and oxygen atoms in total. The van der Waals surface area contributed by atoms with E-state index in [9.17, 15) is 4.79 Å². The van der Waals surface area contributed by atoms with Crippen LogP contribution in [0, 0.1) is 0 Å². The predicted molar refractivity (Wildman–Crippen MR) is 82.6 cm³/mol. The fraction of sp³-hybridized carbons (Fsp3) is 0.533. The van der Waals surface area contributed by atoms with Crippen molar-refractivity contribution >= 4 is 21.8 Å². The summed E-state index contributed by atoms with van der Waals surface area (Å²) in [6.07, 6.45) is 5.89. The fourth-order valence-corrected chi connectivity index (χ4v) is 3.14. The zero-order valence-corrected chi connectivity index (χ0v) is 13.3. The molecule has 1 unspecified atom stereocenters. The first-order chi connectivity index (χ1) is 9.61. The second-order valence-corrected chi connectivity index (χ2v) is 6.14. The summed E-state index contributed by atoms with van der Waals surface area (Å²) in [5.41, 5.74) is 6.38. The lowest BCUT2D eigenvalue weighted by Gasteiger charge is -2.28. The van der Waals surface area contributed by atoms with Crippen molar-refractivity contribution in [3.63, 3.8) is 0 Å². The molecular weight excluding hydrogens is 320 g/mol. The maximum Gasteiger partial charge on any atom is 0.239 e. The topological polar surface area (TPSA) is 64.3 Å². The van der Waals surface area contributed by atoms with Gasteiger partial charge in [-0.2, -0.15) is 0 Å². The third-order valence-electron chi connectivity index (χ3n) is 3.79. The van der Waals surface area contributed by atoms with Crippen LogP contribution in [-0.4, -0.2) is 19.1 Å². The van der Waals surface area contributed by atoms with Gasteiger partial charge in [0.2, 0.25) is 5.91 Å². The van der Waals surface area contributed by atoms with Gasteiger partial charge in [0, 0.05) is 16.1 Å². The molecule has 1 saturated carbocycles. The number of carbonyl (C=O) groups excluding carboxylic acids is 1. The summed E-state index contributed by atoms with van der Waals surface area (Å²) in [6, 6.07) is 5.47. The summed E-state index contributed by atoms with van der Waals surface area (Å²) >= 11 is 3.43. The van der Waals surface area contributed by atoms with Crippen molar-refractivity contribution in [3.8, 4) is 5.75 Å². The van der Waals surface area contributed by atoms with Crippen LogP contribution in [0.5, 0.6) is 5.75 Å². The minimum atomic E-state index is -0.509. The van der Waals surface area contributed by atoms with E-state index in [0.29, 0.717) is 11.8 Å². The molecule has 0 aromatic heterocycles. The Morgan fingerprint density at radius 2 is 2.10 bits per heavy atom. The summed E-state index contributed by atoms with van der Waals surface area (Å²) in [7, 11) is 1.60. The molecule has 2 rings (SSSR count). The number of hydrogen-bond acceptors (Lipinski definition) is 3. The Morgan fingerprint density at radius 3 is 2.70 bits per heavy atom. The van der Waals surface area contributed by atoms with Crippen molar-refractivity contribution < 1.29 is 9.53 Å². The first-order valence-corrected chi connectivity index (χ1v) is 7.80. The molecule has 20 heavy (non-hydrogen) atoms. The predicted octanol–water partition coefficient (Wildman–Crippen LogP) is 2.91. The Labute approximate surface area is 128 Å². The number of carbonyl (C=O) groups is 1. The zero-order chi connectivity index (χ0) is 14.5. The van der Waals surface area contributed by atoms with Crippen LogP contribution in [0.2, 0.25) is 0 Å². The Bertz CT molecular complexity index is 473. The normalized spacial score (nSPS) is 17.7. The molecule has 5 heteroatoms. The molecule has 1 atom stereocenters. The van der Waals surface area contributed by atoms with Gasteiger partial charge in [0.05, 0.1) is 7.11 Å². The number of benzene rings is 1. The van der Waals surface area contributed by atoms with Crippen LogP contribution in [0.4, 0.5) is 0 Å². The summed E-state index contributed by atoms with van der Waals surface area (Å²) in [5, 5.41) is 3.40. The van der Waals surface area contributed by atoms with E-state index in [1.54, 1.807) is 7.11 Å². The van der Waals surface area contributed by atoms with Gasteiger partial charge in [0.25, 0.3) is 0 Å². The molecule has 1 aliphatic rings. The van der Waals surface area contributed by atoms with Crippen molar-refractivity contribution in [2.45, 2.75) is 44.2 Å². The number of methoxy groups -OCH3 is 1. The van der Waals surface area contributed by atoms with Gasteiger partial charge in [0.15, 0.2) is 0 Å². The number of ether oxygens (including phenoxy) is 1. The highest BCUT2D eigenvalue weighted by Crippen LogP contribution is 2.30. The largest absolute Gasteiger partial charge is 0.496 e. The quantitative estimate of drug-likeness (QED) is 0.866. The lowest BCUT2D eigenvalue weighted by atomic mass is 9.93. The summed E-state index contributed by atoms with van der Waals surface area (Å²) in [4.78, 5) is 11.8. The molecule has 0 spiro atoms. The molecule has 1 aromatic carbocycles. The molecule has 1 amide bonds. The average Bonchev–Trinajstić information content (AvgIpc) is 2.45. The average molecular weight is 341 g/mol. The molecule has 3 N–H and O–H groups in total. The van der Waals surface area contributed by atoms with E-state index in [4.69, 9.17) is 10.5 Å². The number of nitrogens with one attached hydrogen (secondary N) is 1. The monoisotopic (exact) mass is 340 g/mol. The van der Waals surface area contributed by atoms with E-state index in [2.05, 4.69) is 21.2 Å². The molecule has 0 saturated heterocycles. The molecule has 0 heterocycles. The van der Waals surface area contributed by atoms with Crippen LogP contribution in [0.25, 0.3) is 0 Å². The number of nitrogens with two attached hydrogens (primary N) is 1. The zero-order valence-electron chi connectivity index (χ0n) is 11.7. The molecule has 1 aliphatic carbocycles. The van der Waals surface area contributed by atoms with E-state index in [1.165, 1.54) is 19.3 Å². The number of primary amides is 1. The molecule has 0 aliphatic heterocycles. The van der Waals surface area contributed by atoms with E-state index in [1.807, 2.05) is 18.2 Å². The van der Waals surface area contributed by atoms with Gasteiger partial charge in [-0.05, 0) is 31.0 Å². The maximum atomic E-state index is 11.8. The van der Waals surface area contributed by atoms with Gasteiger partial charge in [-0.15, -0.1) is 0 Å². The molecule has 110 valence electrons. The molecule has 0 bridgehead atoms. The van der Waals surface area contributed by atoms with Crippen molar-refractivity contribution in [3.05, 3.63) is 28.2 Å². The highest BCUT2D eigenvalue weighted by Gasteiger charge is 2.25. The smallest absolute Gasteiger partial charge is 0.239 e. The van der Waals surface area contributed by atoms with Crippen molar-refractivity contribution in [1.29, 1.82) is 0 Å². The van der Waals surface area contributed by atoms with Crippen LogP contribution in [-0.2, 0) is 4.79 Å². The maximum absolute atomic E-state index is 11.8. The number of rotatable bonds is 5. The SMILES string of the molecule is COc1ccc(Br)cc1C(NC1CCCCC1)C(N)=O. The minimum absolute atomic E-state index is 0.352. The summed E-state index contributed by atoms with van der Waals surface area (Å²) in [6.45, 7) is 0. The Hall–Kier alpha value is -1.07. The van der Waals surface area contributed by atoms with E-state index < -0.39 is 6.04 Å². The highest BCUT2D eigenvalue weighted by molar-refractivity contribution is 9.10. The van der Waals surface area contributed by atoms with Gasteiger partial charge >= 0.3 is 0 Å². The van der Waals surface area contributed by atoms with Gasteiger partial charge in [-0.25, -0.2) is 0 Å². The van der Waals surface area contributed by atoms with Crippen LogP contribution < -0.4 is 15.8 Å². The summed E-state index contributed by atoms with van der Waals surface area (Å²) < 4.78 is 6.26. The van der Waals surface area contributed by atoms with Crippen LogP contribution in [0.1, 0.15) is 43.7 Å². The minimum Gasteiger partial charge on any atom is -0.496 e. The molecular formula is C15H21BrN2O2. The van der Waals surface area contributed by atoms with Crippen LogP contribution in [0.3, 0.4) is 0 Å². The lowest BCUT2D eigenvalue weighted by Crippen LogP contribution is -2.41. The number of hydrogen-bond donors (Lipinski definition) is 2. The lowest BCUT2D eigenvalue weighted by molar-refractivity contribution is -0.120. The molecule has 0 radical (unpaired) electrons. The second kappa shape index (κ2) is 7.09. The van der Waals surface area contributed by atoms with E-state index >= 15 is 0 Å². The van der Waals surface area contributed by atoms with Gasteiger partial charge < -0.3 is 10.5 Å². The van der Waals surface area contributed by atoms with Crippen LogP contribution >= 0.6 is 15.9 Å². The van der Waals surface area contributed by atoms with Crippen molar-refractivity contribution in [2.75, 3.05) is 7.11 Å². The highest BCUT2D eigenvalue weighted by atomic mass is 79.9. The number of halogens is 1. The third-order valence-corrected chi connectivity index (χ3v) is 4.29. The van der Waals surface area contributed by atoms with Gasteiger partial charge in [-0.1, -0.05) is 35.2 Å². The van der Waals surface area contributed by atoms with Gasteiger partial charge in [0.1, 0.15) is 11.8 Å². The first kappa shape index (κ1) is 15.3. The Kier molecular flexibility index (Phi) is 5.43. The first-order valence-electron chi connectivity index (χ1n) is 7.00. The van der Waals surface area contributed by atoms with E-state index in [0.717, 1.165) is 22.9 Å². The second-order valence-electron chi connectivity index (χ2n) is 5.22. The molecule has 1 aromatic rings. The van der Waals surface area contributed by atoms with Crippen LogP contribution in [0.15, 0.2) is 22.7 Å². The third kappa shape index (κ3) is 3.73. The standard InChI is InChI=1S/C15H21BrN2O2/c1-20-13-8-7-10(16)9-12(13)14(15(17)19)18-11-5-3-2-4-6-11/h7-9,11,14,18H,2-6H2,1H3,(H2,17,19).